The third-order valence-electron chi connectivity index (χ3n) is 4.67. The molecule has 4 aromatic rings. The lowest BCUT2D eigenvalue weighted by Crippen LogP contribution is -2.19. The van der Waals surface area contributed by atoms with Crippen LogP contribution in [0.4, 0.5) is 16.5 Å². The normalized spacial score (nSPS) is 11.4. The zero-order valence-corrected chi connectivity index (χ0v) is 19.2. The fraction of sp³-hybridized carbons (Fsp3) is 0.0417. The second-order valence-electron chi connectivity index (χ2n) is 7.02. The molecule has 1 aromatic heterocycles. The van der Waals surface area contributed by atoms with Gasteiger partial charge in [-0.15, -0.1) is 23.1 Å². The summed E-state index contributed by atoms with van der Waals surface area (Å²) in [4.78, 5) is 41.0. The van der Waals surface area contributed by atoms with Crippen molar-refractivity contribution in [3.05, 3.63) is 112 Å². The molecule has 2 amide bonds. The smallest absolute Gasteiger partial charge is 0.270 e. The first-order valence-corrected chi connectivity index (χ1v) is 11.8. The average molecular weight is 491 g/mol. The highest BCUT2D eigenvalue weighted by Gasteiger charge is 2.23. The Balaban J connectivity index is 1.53. The minimum absolute atomic E-state index is 0.158. The molecule has 0 aliphatic carbocycles. The number of anilines is 2. The number of nitro benzene ring substituents is 1. The summed E-state index contributed by atoms with van der Waals surface area (Å²) in [6.45, 7) is 0. The Hall–Kier alpha value is -4.02. The third kappa shape index (κ3) is 5.85. The number of carbonyl (C=O) groups is 2. The second kappa shape index (κ2) is 10.7. The van der Waals surface area contributed by atoms with Gasteiger partial charge in [0.1, 0.15) is 5.25 Å². The van der Waals surface area contributed by atoms with Gasteiger partial charge in [-0.05, 0) is 29.8 Å². The van der Waals surface area contributed by atoms with Gasteiger partial charge in [0, 0.05) is 39.9 Å². The molecule has 8 nitrogen and oxygen atoms in total. The standard InChI is InChI=1S/C24H18N4O4S2/c29-22(17-8-4-10-19(14-17)28(31)32)26-18-9-5-11-20(15-18)34-21(16-6-2-1-3-7-16)23(30)27-24-25-12-13-33-24/h1-15,21H,(H,26,29)(H,25,27,30). The zero-order valence-electron chi connectivity index (χ0n) is 17.6. The summed E-state index contributed by atoms with van der Waals surface area (Å²) in [5.41, 5.74) is 1.35. The van der Waals surface area contributed by atoms with E-state index < -0.39 is 16.1 Å². The molecule has 10 heteroatoms. The van der Waals surface area contributed by atoms with Gasteiger partial charge in [-0.2, -0.15) is 0 Å². The second-order valence-corrected chi connectivity index (χ2v) is 9.10. The quantitative estimate of drug-likeness (QED) is 0.184. The lowest BCUT2D eigenvalue weighted by atomic mass is 10.1. The van der Waals surface area contributed by atoms with E-state index in [0.29, 0.717) is 10.8 Å². The molecule has 0 spiro atoms. The van der Waals surface area contributed by atoms with Gasteiger partial charge in [-0.25, -0.2) is 4.98 Å². The number of hydrogen-bond donors (Lipinski definition) is 2. The van der Waals surface area contributed by atoms with Gasteiger partial charge in [-0.3, -0.25) is 19.7 Å². The number of carbonyl (C=O) groups excluding carboxylic acids is 2. The molecule has 1 atom stereocenters. The highest BCUT2D eigenvalue weighted by molar-refractivity contribution is 8.00. The molecular formula is C24H18N4O4S2. The van der Waals surface area contributed by atoms with E-state index in [-0.39, 0.29) is 17.2 Å². The molecule has 0 bridgehead atoms. The van der Waals surface area contributed by atoms with Crippen LogP contribution in [0.3, 0.4) is 0 Å². The molecule has 0 radical (unpaired) electrons. The summed E-state index contributed by atoms with van der Waals surface area (Å²) in [5, 5.41) is 18.3. The number of rotatable bonds is 8. The topological polar surface area (TPSA) is 114 Å². The maximum Gasteiger partial charge on any atom is 0.270 e. The summed E-state index contributed by atoms with van der Waals surface area (Å²) in [6, 6.07) is 22.0. The molecule has 4 rings (SSSR count). The van der Waals surface area contributed by atoms with Gasteiger partial charge >= 0.3 is 0 Å². The zero-order chi connectivity index (χ0) is 23.9. The summed E-state index contributed by atoms with van der Waals surface area (Å²) in [6.07, 6.45) is 1.62. The first kappa shape index (κ1) is 23.1. The predicted octanol–water partition coefficient (Wildman–Crippen LogP) is 5.78. The molecule has 1 heterocycles. The minimum atomic E-state index is -0.548. The number of nitrogens with one attached hydrogen (secondary N) is 2. The van der Waals surface area contributed by atoms with Gasteiger partial charge in [0.25, 0.3) is 11.6 Å². The van der Waals surface area contributed by atoms with E-state index in [1.165, 1.54) is 47.4 Å². The molecular weight excluding hydrogens is 472 g/mol. The Morgan fingerprint density at radius 2 is 1.76 bits per heavy atom. The monoisotopic (exact) mass is 490 g/mol. The van der Waals surface area contributed by atoms with Crippen LogP contribution in [0, 0.1) is 10.1 Å². The lowest BCUT2D eigenvalue weighted by Gasteiger charge is -2.17. The van der Waals surface area contributed by atoms with E-state index in [2.05, 4.69) is 15.6 Å². The van der Waals surface area contributed by atoms with Crippen molar-refractivity contribution in [1.82, 2.24) is 4.98 Å². The maximum atomic E-state index is 13.1. The predicted molar refractivity (Wildman–Crippen MR) is 133 cm³/mol. The van der Waals surface area contributed by atoms with E-state index in [1.807, 2.05) is 36.4 Å². The van der Waals surface area contributed by atoms with Gasteiger partial charge in [0.2, 0.25) is 5.91 Å². The average Bonchev–Trinajstić information content (AvgIpc) is 3.36. The highest BCUT2D eigenvalue weighted by atomic mass is 32.2. The van der Waals surface area contributed by atoms with Crippen LogP contribution >= 0.6 is 23.1 Å². The fourth-order valence-corrected chi connectivity index (χ4v) is 4.72. The van der Waals surface area contributed by atoms with Crippen molar-refractivity contribution in [2.75, 3.05) is 10.6 Å². The summed E-state index contributed by atoms with van der Waals surface area (Å²) in [7, 11) is 0. The molecule has 3 aromatic carbocycles. The molecule has 2 N–H and O–H groups in total. The van der Waals surface area contributed by atoms with Crippen molar-refractivity contribution in [1.29, 1.82) is 0 Å². The van der Waals surface area contributed by atoms with E-state index in [0.717, 1.165) is 10.5 Å². The van der Waals surface area contributed by atoms with Crippen LogP contribution in [-0.4, -0.2) is 21.7 Å². The molecule has 1 unspecified atom stereocenters. The molecule has 0 saturated heterocycles. The van der Waals surface area contributed by atoms with Crippen LogP contribution in [0.1, 0.15) is 21.2 Å². The van der Waals surface area contributed by atoms with Crippen LogP contribution < -0.4 is 10.6 Å². The summed E-state index contributed by atoms with van der Waals surface area (Å²) >= 11 is 2.68. The summed E-state index contributed by atoms with van der Waals surface area (Å²) in [5.74, 6) is -0.677. The lowest BCUT2D eigenvalue weighted by molar-refractivity contribution is -0.384. The SMILES string of the molecule is O=C(Nc1cccc(SC(C(=O)Nc2nccs2)c2ccccc2)c1)c1cccc([N+](=O)[O-])c1. The van der Waals surface area contributed by atoms with Crippen molar-refractivity contribution in [2.24, 2.45) is 0 Å². The third-order valence-corrected chi connectivity index (χ3v) is 6.60. The number of amides is 2. The Morgan fingerprint density at radius 1 is 0.971 bits per heavy atom. The first-order valence-electron chi connectivity index (χ1n) is 10.1. The molecule has 0 fully saturated rings. The van der Waals surface area contributed by atoms with Crippen molar-refractivity contribution in [2.45, 2.75) is 10.1 Å². The van der Waals surface area contributed by atoms with E-state index >= 15 is 0 Å². The number of hydrogen-bond acceptors (Lipinski definition) is 7. The van der Waals surface area contributed by atoms with Gasteiger partial charge < -0.3 is 10.6 Å². The van der Waals surface area contributed by atoms with E-state index in [4.69, 9.17) is 0 Å². The Kier molecular flexibility index (Phi) is 7.31. The Bertz CT molecular complexity index is 1310. The number of non-ortho nitro benzene ring substituents is 1. The molecule has 170 valence electrons. The molecule has 0 aliphatic heterocycles. The van der Waals surface area contributed by atoms with Crippen molar-refractivity contribution in [3.8, 4) is 0 Å². The van der Waals surface area contributed by atoms with E-state index in [1.54, 1.807) is 29.8 Å². The van der Waals surface area contributed by atoms with Crippen LogP contribution in [0.2, 0.25) is 0 Å². The Labute approximate surface area is 203 Å². The maximum absolute atomic E-state index is 13.1. The molecule has 34 heavy (non-hydrogen) atoms. The van der Waals surface area contributed by atoms with Crippen molar-refractivity contribution >= 4 is 51.4 Å². The largest absolute Gasteiger partial charge is 0.322 e. The molecule has 0 saturated carbocycles. The van der Waals surface area contributed by atoms with Crippen LogP contribution in [0.5, 0.6) is 0 Å². The van der Waals surface area contributed by atoms with Crippen LogP contribution in [0.15, 0.2) is 95.3 Å². The van der Waals surface area contributed by atoms with E-state index in [9.17, 15) is 19.7 Å². The number of thiazole rings is 1. The molecule has 0 aliphatic rings. The van der Waals surface area contributed by atoms with Gasteiger partial charge in [0.15, 0.2) is 5.13 Å². The number of nitrogens with zero attached hydrogens (tertiary/aromatic N) is 2. The van der Waals surface area contributed by atoms with Crippen LogP contribution in [-0.2, 0) is 4.79 Å². The van der Waals surface area contributed by atoms with Crippen molar-refractivity contribution < 1.29 is 14.5 Å². The number of aromatic nitrogens is 1. The first-order chi connectivity index (χ1) is 16.5. The fourth-order valence-electron chi connectivity index (χ4n) is 3.10. The number of benzene rings is 3. The minimum Gasteiger partial charge on any atom is -0.322 e. The van der Waals surface area contributed by atoms with Crippen LogP contribution in [0.25, 0.3) is 0 Å². The number of thioether (sulfide) groups is 1. The van der Waals surface area contributed by atoms with Gasteiger partial charge in [-0.1, -0.05) is 42.5 Å². The highest BCUT2D eigenvalue weighted by Crippen LogP contribution is 2.37. The Morgan fingerprint density at radius 3 is 2.50 bits per heavy atom. The number of nitro groups is 1. The summed E-state index contributed by atoms with van der Waals surface area (Å²) < 4.78 is 0. The van der Waals surface area contributed by atoms with Gasteiger partial charge in [0.05, 0.1) is 4.92 Å². The van der Waals surface area contributed by atoms with Crippen molar-refractivity contribution in [3.63, 3.8) is 0 Å².